The molecule has 0 saturated carbocycles. The van der Waals surface area contributed by atoms with Crippen molar-refractivity contribution in [3.05, 3.63) is 25.9 Å². The van der Waals surface area contributed by atoms with E-state index < -0.39 is 12.0 Å². The van der Waals surface area contributed by atoms with Crippen molar-refractivity contribution in [2.45, 2.75) is 19.5 Å². The molecule has 1 unspecified atom stereocenters. The number of aromatic nitrogens is 2. The van der Waals surface area contributed by atoms with Gasteiger partial charge in [-0.05, 0) is 29.5 Å². The number of hydrogen-bond acceptors (Lipinski definition) is 4. The Labute approximate surface area is 99.3 Å². The van der Waals surface area contributed by atoms with Gasteiger partial charge >= 0.3 is 5.97 Å². The molecule has 15 heavy (non-hydrogen) atoms. The number of hydrogen-bond donors (Lipinski definition) is 2. The summed E-state index contributed by atoms with van der Waals surface area (Å²) in [6, 6.07) is -1.09. The van der Waals surface area contributed by atoms with Gasteiger partial charge in [0.2, 0.25) is 0 Å². The first-order valence-electron chi connectivity index (χ1n) is 4.13. The summed E-state index contributed by atoms with van der Waals surface area (Å²) in [6.45, 7) is 1.64. The molecule has 1 aromatic heterocycles. The lowest BCUT2D eigenvalue weighted by Crippen LogP contribution is -2.38. The van der Waals surface area contributed by atoms with Crippen LogP contribution in [0.2, 0.25) is 0 Å². The fraction of sp³-hybridized carbons (Fsp3) is 0.375. The van der Waals surface area contributed by atoms with Crippen molar-refractivity contribution in [1.29, 1.82) is 0 Å². The van der Waals surface area contributed by atoms with Gasteiger partial charge in [-0.15, -0.1) is 0 Å². The van der Waals surface area contributed by atoms with Crippen LogP contribution in [0.25, 0.3) is 0 Å². The Morgan fingerprint density at radius 3 is 2.93 bits per heavy atom. The van der Waals surface area contributed by atoms with Crippen LogP contribution >= 0.6 is 22.6 Å². The summed E-state index contributed by atoms with van der Waals surface area (Å²) in [6.07, 6.45) is 1.31. The molecule has 1 rings (SSSR count). The van der Waals surface area contributed by atoms with Crippen LogP contribution in [0, 0.1) is 10.5 Å². The van der Waals surface area contributed by atoms with Gasteiger partial charge in [-0.2, -0.15) is 0 Å². The fourth-order valence-electron chi connectivity index (χ4n) is 0.966. The molecule has 7 heteroatoms. The number of rotatable bonds is 3. The largest absolute Gasteiger partial charge is 0.480 e. The van der Waals surface area contributed by atoms with Gasteiger partial charge in [-0.3, -0.25) is 14.2 Å². The van der Waals surface area contributed by atoms with Crippen LogP contribution in [0.4, 0.5) is 0 Å². The van der Waals surface area contributed by atoms with Crippen molar-refractivity contribution >= 4 is 28.6 Å². The Hall–Kier alpha value is -0.960. The van der Waals surface area contributed by atoms with Crippen LogP contribution in [0.3, 0.4) is 0 Å². The van der Waals surface area contributed by atoms with Gasteiger partial charge in [0.25, 0.3) is 5.56 Å². The molecule has 1 heterocycles. The Balaban J connectivity index is 3.02. The molecule has 0 aliphatic heterocycles. The van der Waals surface area contributed by atoms with Crippen molar-refractivity contribution in [3.8, 4) is 0 Å². The van der Waals surface area contributed by atoms with E-state index in [2.05, 4.69) is 4.98 Å². The molecule has 0 amide bonds. The van der Waals surface area contributed by atoms with Gasteiger partial charge in [0.1, 0.15) is 6.04 Å². The maximum atomic E-state index is 11.6. The highest BCUT2D eigenvalue weighted by Crippen LogP contribution is 2.01. The molecular formula is C8H10IN3O3. The molecule has 6 nitrogen and oxygen atoms in total. The van der Waals surface area contributed by atoms with Gasteiger partial charge < -0.3 is 10.8 Å². The van der Waals surface area contributed by atoms with E-state index in [0.29, 0.717) is 9.26 Å². The Kier molecular flexibility index (Phi) is 3.80. The molecule has 0 aliphatic rings. The summed E-state index contributed by atoms with van der Waals surface area (Å²) in [5, 5.41) is 8.60. The van der Waals surface area contributed by atoms with Crippen molar-refractivity contribution in [2.24, 2.45) is 5.73 Å². The van der Waals surface area contributed by atoms with Crippen LogP contribution in [-0.4, -0.2) is 26.7 Å². The molecule has 0 aliphatic carbocycles. The van der Waals surface area contributed by atoms with E-state index in [0.717, 1.165) is 0 Å². The average molecular weight is 323 g/mol. The van der Waals surface area contributed by atoms with Crippen LogP contribution in [0.1, 0.15) is 5.69 Å². The number of nitrogens with zero attached hydrogens (tertiary/aromatic N) is 2. The molecule has 0 bridgehead atoms. The van der Waals surface area contributed by atoms with E-state index in [1.807, 2.05) is 22.6 Å². The van der Waals surface area contributed by atoms with Crippen molar-refractivity contribution in [3.63, 3.8) is 0 Å². The summed E-state index contributed by atoms with van der Waals surface area (Å²) in [5.41, 5.74) is 5.68. The zero-order valence-corrected chi connectivity index (χ0v) is 10.1. The highest BCUT2D eigenvalue weighted by atomic mass is 127. The van der Waals surface area contributed by atoms with Crippen molar-refractivity contribution in [1.82, 2.24) is 9.55 Å². The predicted octanol–water partition coefficient (Wildman–Crippen LogP) is -0.432. The van der Waals surface area contributed by atoms with Crippen LogP contribution < -0.4 is 11.3 Å². The number of halogens is 1. The molecule has 1 atom stereocenters. The minimum absolute atomic E-state index is 0.0720. The summed E-state index contributed by atoms with van der Waals surface area (Å²) in [5.74, 6) is -1.14. The number of aryl methyl sites for hydroxylation is 1. The first-order valence-corrected chi connectivity index (χ1v) is 5.21. The van der Waals surface area contributed by atoms with Crippen molar-refractivity contribution < 1.29 is 9.90 Å². The quantitative estimate of drug-likeness (QED) is 0.736. The van der Waals surface area contributed by atoms with E-state index in [1.54, 1.807) is 6.92 Å². The lowest BCUT2D eigenvalue weighted by Gasteiger charge is -2.09. The zero-order valence-electron chi connectivity index (χ0n) is 7.98. The van der Waals surface area contributed by atoms with E-state index in [4.69, 9.17) is 10.8 Å². The normalized spacial score (nSPS) is 12.5. The molecule has 0 aromatic carbocycles. The molecule has 0 saturated heterocycles. The maximum absolute atomic E-state index is 11.6. The number of nitrogens with two attached hydrogens (primary N) is 1. The fourth-order valence-corrected chi connectivity index (χ4v) is 1.42. The summed E-state index contributed by atoms with van der Waals surface area (Å²) >= 11 is 1.87. The number of aliphatic carboxylic acids is 1. The number of carbonyl (C=O) groups is 1. The Morgan fingerprint density at radius 1 is 1.80 bits per heavy atom. The van der Waals surface area contributed by atoms with Gasteiger partial charge in [-0.1, -0.05) is 0 Å². The first kappa shape index (κ1) is 12.1. The average Bonchev–Trinajstić information content (AvgIpc) is 2.18. The lowest BCUT2D eigenvalue weighted by atomic mass is 10.3. The smallest absolute Gasteiger partial charge is 0.322 e. The van der Waals surface area contributed by atoms with Crippen LogP contribution in [0.5, 0.6) is 0 Å². The second-order valence-electron chi connectivity index (χ2n) is 3.05. The number of carboxylic acids is 1. The second kappa shape index (κ2) is 4.71. The third kappa shape index (κ3) is 2.75. The summed E-state index contributed by atoms with van der Waals surface area (Å²) in [7, 11) is 0. The molecular weight excluding hydrogens is 313 g/mol. The molecule has 3 N–H and O–H groups in total. The predicted molar refractivity (Wildman–Crippen MR) is 61.6 cm³/mol. The highest BCUT2D eigenvalue weighted by Gasteiger charge is 2.14. The maximum Gasteiger partial charge on any atom is 0.322 e. The SMILES string of the molecule is Cc1ncn(CC(N)C(=O)O)c(=O)c1I. The highest BCUT2D eigenvalue weighted by molar-refractivity contribution is 14.1. The van der Waals surface area contributed by atoms with E-state index in [1.165, 1.54) is 10.9 Å². The van der Waals surface area contributed by atoms with Gasteiger partial charge in [0.15, 0.2) is 0 Å². The van der Waals surface area contributed by atoms with Gasteiger partial charge in [-0.25, -0.2) is 4.98 Å². The molecule has 1 aromatic rings. The standard InChI is InChI=1S/C8H10IN3O3/c1-4-6(9)7(13)12(3-11-4)2-5(10)8(14)15/h3,5H,2,10H2,1H3,(H,14,15). The van der Waals surface area contributed by atoms with E-state index in [9.17, 15) is 9.59 Å². The third-order valence-corrected chi connectivity index (χ3v) is 3.11. The van der Waals surface area contributed by atoms with Gasteiger partial charge in [0, 0.05) is 0 Å². The second-order valence-corrected chi connectivity index (χ2v) is 4.12. The van der Waals surface area contributed by atoms with Crippen molar-refractivity contribution in [2.75, 3.05) is 0 Å². The topological polar surface area (TPSA) is 98.2 Å². The molecule has 0 radical (unpaired) electrons. The number of carboxylic acid groups (broad SMARTS) is 1. The van der Waals surface area contributed by atoms with E-state index in [-0.39, 0.29) is 12.1 Å². The minimum Gasteiger partial charge on any atom is -0.480 e. The van der Waals surface area contributed by atoms with E-state index >= 15 is 0 Å². The van der Waals surface area contributed by atoms with Crippen LogP contribution in [0.15, 0.2) is 11.1 Å². The summed E-state index contributed by atoms with van der Waals surface area (Å²) < 4.78 is 1.68. The minimum atomic E-state index is -1.14. The monoisotopic (exact) mass is 323 g/mol. The zero-order chi connectivity index (χ0) is 11.6. The third-order valence-electron chi connectivity index (χ3n) is 1.87. The molecule has 82 valence electrons. The molecule has 0 spiro atoms. The van der Waals surface area contributed by atoms with Gasteiger partial charge in [0.05, 0.1) is 22.1 Å². The lowest BCUT2D eigenvalue weighted by molar-refractivity contribution is -0.138. The van der Waals surface area contributed by atoms with Crippen LogP contribution in [-0.2, 0) is 11.3 Å². The first-order chi connectivity index (χ1) is 6.93. The summed E-state index contributed by atoms with van der Waals surface area (Å²) in [4.78, 5) is 26.1. The Morgan fingerprint density at radius 2 is 2.40 bits per heavy atom. The Bertz CT molecular complexity index is 443. The molecule has 0 fully saturated rings.